The van der Waals surface area contributed by atoms with E-state index in [9.17, 15) is 9.59 Å². The summed E-state index contributed by atoms with van der Waals surface area (Å²) in [5, 5.41) is 0.942. The maximum atomic E-state index is 12.9. The Labute approximate surface area is 211 Å². The molecular weight excluding hydrogens is 484 g/mol. The van der Waals surface area contributed by atoms with E-state index in [4.69, 9.17) is 35.0 Å². The highest BCUT2D eigenvalue weighted by Crippen LogP contribution is 2.31. The van der Waals surface area contributed by atoms with Gasteiger partial charge >= 0.3 is 5.97 Å². The normalized spacial score (nSPS) is 12.6. The third kappa shape index (κ3) is 4.92. The molecule has 1 aromatic heterocycles. The molecule has 1 aliphatic heterocycles. The molecule has 0 atom stereocenters. The van der Waals surface area contributed by atoms with Gasteiger partial charge in [0.05, 0.1) is 5.39 Å². The minimum atomic E-state index is -0.583. The Morgan fingerprint density at radius 1 is 0.944 bits per heavy atom. The molecule has 36 heavy (non-hydrogen) atoms. The molecule has 0 amide bonds. The van der Waals surface area contributed by atoms with Gasteiger partial charge in [0.15, 0.2) is 11.5 Å². The van der Waals surface area contributed by atoms with Gasteiger partial charge in [0.2, 0.25) is 11.2 Å². The van der Waals surface area contributed by atoms with Gasteiger partial charge in [-0.2, -0.15) is 0 Å². The van der Waals surface area contributed by atoms with Crippen molar-refractivity contribution in [1.82, 2.24) is 0 Å². The smallest absolute Gasteiger partial charge is 0.336 e. The fraction of sp³-hybridized carbons (Fsp3) is 0.143. The van der Waals surface area contributed by atoms with Crippen LogP contribution in [0.2, 0.25) is 5.02 Å². The molecule has 0 unspecified atom stereocenters. The fourth-order valence-corrected chi connectivity index (χ4v) is 3.90. The monoisotopic (exact) mass is 504 g/mol. The van der Waals surface area contributed by atoms with E-state index in [0.717, 1.165) is 16.7 Å². The molecule has 2 heterocycles. The molecule has 0 saturated carbocycles. The van der Waals surface area contributed by atoms with E-state index in [-0.39, 0.29) is 22.5 Å². The molecule has 0 spiro atoms. The maximum Gasteiger partial charge on any atom is 0.336 e. The summed E-state index contributed by atoms with van der Waals surface area (Å²) in [7, 11) is 0. The van der Waals surface area contributed by atoms with Crippen molar-refractivity contribution >= 4 is 34.6 Å². The van der Waals surface area contributed by atoms with Crippen LogP contribution in [0.3, 0.4) is 0 Å². The second-order valence-corrected chi connectivity index (χ2v) is 8.60. The molecular formula is C28H21ClO7. The lowest BCUT2D eigenvalue weighted by atomic mass is 10.1. The number of aryl methyl sites for hydroxylation is 2. The topological polar surface area (TPSA) is 84.2 Å². The Morgan fingerprint density at radius 2 is 1.69 bits per heavy atom. The zero-order valence-electron chi connectivity index (χ0n) is 19.5. The van der Waals surface area contributed by atoms with Crippen LogP contribution in [0.1, 0.15) is 16.7 Å². The van der Waals surface area contributed by atoms with Crippen LogP contribution in [0, 0.1) is 13.8 Å². The number of carbonyl (C=O) groups excluding carboxylic acids is 1. The van der Waals surface area contributed by atoms with Crippen LogP contribution < -0.4 is 24.4 Å². The number of hydrogen-bond acceptors (Lipinski definition) is 7. The van der Waals surface area contributed by atoms with Crippen molar-refractivity contribution < 1.29 is 28.2 Å². The summed E-state index contributed by atoms with van der Waals surface area (Å²) < 4.78 is 27.8. The van der Waals surface area contributed by atoms with Crippen LogP contribution in [-0.4, -0.2) is 19.2 Å². The standard InChI is InChI=1S/C28H21ClO7/c1-16-11-20(12-17(2)27(16)29)35-25-15-34-23-14-19(5-6-21(23)28(25)31)36-26(30)8-4-18-3-7-22-24(13-18)33-10-9-32-22/h3-8,11-15H,9-10H2,1-2H3/b8-4+. The minimum absolute atomic E-state index is 0.0377. The molecule has 0 fully saturated rings. The average molecular weight is 505 g/mol. The number of esters is 1. The first-order valence-corrected chi connectivity index (χ1v) is 11.5. The Bertz CT molecular complexity index is 1550. The number of fused-ring (bicyclic) bond motifs is 2. The Morgan fingerprint density at radius 3 is 2.47 bits per heavy atom. The largest absolute Gasteiger partial charge is 0.486 e. The van der Waals surface area contributed by atoms with Gasteiger partial charge in [-0.25, -0.2) is 4.79 Å². The van der Waals surface area contributed by atoms with Crippen LogP contribution in [-0.2, 0) is 4.79 Å². The van der Waals surface area contributed by atoms with E-state index >= 15 is 0 Å². The number of rotatable bonds is 5. The van der Waals surface area contributed by atoms with Gasteiger partial charge in [-0.15, -0.1) is 0 Å². The number of carbonyl (C=O) groups is 1. The van der Waals surface area contributed by atoms with E-state index in [1.807, 2.05) is 19.9 Å². The Balaban J connectivity index is 1.30. The highest BCUT2D eigenvalue weighted by molar-refractivity contribution is 6.32. The lowest BCUT2D eigenvalue weighted by Gasteiger charge is -2.18. The zero-order chi connectivity index (χ0) is 25.2. The van der Waals surface area contributed by atoms with Crippen molar-refractivity contribution in [2.75, 3.05) is 13.2 Å². The molecule has 0 saturated heterocycles. The molecule has 3 aromatic carbocycles. The number of hydrogen-bond donors (Lipinski definition) is 0. The highest BCUT2D eigenvalue weighted by Gasteiger charge is 2.13. The molecule has 5 rings (SSSR count). The average Bonchev–Trinajstić information content (AvgIpc) is 2.87. The van der Waals surface area contributed by atoms with Gasteiger partial charge in [0, 0.05) is 17.2 Å². The van der Waals surface area contributed by atoms with Crippen molar-refractivity contribution in [2.45, 2.75) is 13.8 Å². The summed E-state index contributed by atoms with van der Waals surface area (Å²) in [6.07, 6.45) is 4.15. The molecule has 0 radical (unpaired) electrons. The molecule has 0 bridgehead atoms. The summed E-state index contributed by atoms with van der Waals surface area (Å²) in [5.41, 5.74) is 2.35. The summed E-state index contributed by atoms with van der Waals surface area (Å²) in [5.74, 6) is 1.48. The molecule has 182 valence electrons. The summed E-state index contributed by atoms with van der Waals surface area (Å²) in [6.45, 7) is 4.71. The summed E-state index contributed by atoms with van der Waals surface area (Å²) in [4.78, 5) is 25.2. The second-order valence-electron chi connectivity index (χ2n) is 8.22. The number of benzene rings is 3. The first kappa shape index (κ1) is 23.5. The van der Waals surface area contributed by atoms with Gasteiger partial charge in [-0.05, 0) is 73.0 Å². The van der Waals surface area contributed by atoms with E-state index in [1.165, 1.54) is 30.5 Å². The number of halogens is 1. The van der Waals surface area contributed by atoms with E-state index in [1.54, 1.807) is 30.3 Å². The molecule has 7 nitrogen and oxygen atoms in total. The van der Waals surface area contributed by atoms with Crippen molar-refractivity contribution in [3.63, 3.8) is 0 Å². The van der Waals surface area contributed by atoms with Crippen LogP contribution >= 0.6 is 11.6 Å². The zero-order valence-corrected chi connectivity index (χ0v) is 20.3. The lowest BCUT2D eigenvalue weighted by molar-refractivity contribution is -0.128. The van der Waals surface area contributed by atoms with Crippen LogP contribution in [0.15, 0.2) is 70.1 Å². The first-order valence-electron chi connectivity index (χ1n) is 11.2. The van der Waals surface area contributed by atoms with Crippen LogP contribution in [0.4, 0.5) is 0 Å². The van der Waals surface area contributed by atoms with Gasteiger partial charge in [0.25, 0.3) is 0 Å². The van der Waals surface area contributed by atoms with Crippen molar-refractivity contribution in [3.05, 3.63) is 92.8 Å². The summed E-state index contributed by atoms with van der Waals surface area (Å²) in [6, 6.07) is 13.4. The third-order valence-corrected chi connectivity index (χ3v) is 6.14. The molecule has 1 aliphatic rings. The fourth-order valence-electron chi connectivity index (χ4n) is 3.80. The van der Waals surface area contributed by atoms with E-state index in [0.29, 0.717) is 40.9 Å². The van der Waals surface area contributed by atoms with Crippen molar-refractivity contribution in [2.24, 2.45) is 0 Å². The minimum Gasteiger partial charge on any atom is -0.486 e. The second kappa shape index (κ2) is 9.79. The first-order chi connectivity index (χ1) is 17.4. The van der Waals surface area contributed by atoms with Gasteiger partial charge in [-0.1, -0.05) is 17.7 Å². The third-order valence-electron chi connectivity index (χ3n) is 5.55. The van der Waals surface area contributed by atoms with Crippen LogP contribution in [0.25, 0.3) is 17.0 Å². The van der Waals surface area contributed by atoms with Gasteiger partial charge in [0.1, 0.15) is 36.6 Å². The van der Waals surface area contributed by atoms with Crippen molar-refractivity contribution in [3.8, 4) is 28.7 Å². The number of ether oxygens (including phenoxy) is 4. The lowest BCUT2D eigenvalue weighted by Crippen LogP contribution is -2.15. The molecule has 8 heteroatoms. The summed E-state index contributed by atoms with van der Waals surface area (Å²) >= 11 is 6.20. The van der Waals surface area contributed by atoms with E-state index in [2.05, 4.69) is 0 Å². The van der Waals surface area contributed by atoms with Crippen LogP contribution in [0.5, 0.6) is 28.7 Å². The quantitative estimate of drug-likeness (QED) is 0.180. The molecule has 0 aliphatic carbocycles. The molecule has 4 aromatic rings. The van der Waals surface area contributed by atoms with E-state index < -0.39 is 5.97 Å². The Kier molecular flexibility index (Phi) is 6.40. The SMILES string of the molecule is Cc1cc(Oc2coc3cc(OC(=O)/C=C/c4ccc5c(c4)OCCO5)ccc3c2=O)cc(C)c1Cl. The van der Waals surface area contributed by atoms with Gasteiger partial charge < -0.3 is 23.4 Å². The Hall–Kier alpha value is -4.23. The van der Waals surface area contributed by atoms with Gasteiger partial charge in [-0.3, -0.25) is 4.79 Å². The van der Waals surface area contributed by atoms with Crippen molar-refractivity contribution in [1.29, 1.82) is 0 Å². The predicted molar refractivity (Wildman–Crippen MR) is 136 cm³/mol. The highest BCUT2D eigenvalue weighted by atomic mass is 35.5. The predicted octanol–water partition coefficient (Wildman–Crippen LogP) is 6.25. The maximum absolute atomic E-state index is 12.9. The molecule has 0 N–H and O–H groups in total.